The number of piperazine rings is 1. The highest BCUT2D eigenvalue weighted by molar-refractivity contribution is 14.0. The molecule has 0 aromatic heterocycles. The van der Waals surface area contributed by atoms with E-state index in [0.29, 0.717) is 31.2 Å². The van der Waals surface area contributed by atoms with E-state index < -0.39 is 0 Å². The molecular formula is C22H29FIN5O. The zero-order valence-corrected chi connectivity index (χ0v) is 19.7. The molecule has 8 heteroatoms. The molecular weight excluding hydrogens is 496 g/mol. The maximum Gasteiger partial charge on any atom is 0.242 e. The lowest BCUT2D eigenvalue weighted by atomic mass is 10.1. The van der Waals surface area contributed by atoms with Crippen LogP contribution in [0.25, 0.3) is 0 Å². The number of carbonyl (C=O) groups excluding carboxylic acids is 1. The number of benzene rings is 2. The molecule has 6 nitrogen and oxygen atoms in total. The SMILES string of the molecule is CN=C(NCC(=O)N1CCN(c2ccccc2)CC1)NCc1ccc(F)c(C)c1.I. The molecule has 1 heterocycles. The molecule has 0 spiro atoms. The third-order valence-corrected chi connectivity index (χ3v) is 5.07. The molecule has 1 fully saturated rings. The number of carbonyl (C=O) groups is 1. The van der Waals surface area contributed by atoms with Gasteiger partial charge in [0.2, 0.25) is 5.91 Å². The summed E-state index contributed by atoms with van der Waals surface area (Å²) in [5, 5.41) is 6.22. The third kappa shape index (κ3) is 6.58. The van der Waals surface area contributed by atoms with E-state index in [9.17, 15) is 9.18 Å². The Labute approximate surface area is 194 Å². The highest BCUT2D eigenvalue weighted by atomic mass is 127. The van der Waals surface area contributed by atoms with Crippen molar-refractivity contribution in [2.75, 3.05) is 44.7 Å². The summed E-state index contributed by atoms with van der Waals surface area (Å²) in [7, 11) is 1.66. The van der Waals surface area contributed by atoms with Crippen molar-refractivity contribution in [2.24, 2.45) is 4.99 Å². The van der Waals surface area contributed by atoms with Crippen LogP contribution in [0.15, 0.2) is 53.5 Å². The molecule has 162 valence electrons. The zero-order chi connectivity index (χ0) is 20.6. The van der Waals surface area contributed by atoms with Gasteiger partial charge in [0.15, 0.2) is 5.96 Å². The first-order valence-electron chi connectivity index (χ1n) is 9.84. The molecule has 3 rings (SSSR count). The van der Waals surface area contributed by atoms with Crippen LogP contribution in [0.3, 0.4) is 0 Å². The molecule has 2 aromatic carbocycles. The van der Waals surface area contributed by atoms with Crippen LogP contribution in [-0.2, 0) is 11.3 Å². The van der Waals surface area contributed by atoms with Crippen LogP contribution in [0.2, 0.25) is 0 Å². The van der Waals surface area contributed by atoms with Gasteiger partial charge in [0, 0.05) is 45.5 Å². The molecule has 0 atom stereocenters. The number of nitrogens with zero attached hydrogens (tertiary/aromatic N) is 3. The van der Waals surface area contributed by atoms with Gasteiger partial charge in [-0.3, -0.25) is 9.79 Å². The monoisotopic (exact) mass is 525 g/mol. The van der Waals surface area contributed by atoms with Crippen LogP contribution >= 0.6 is 24.0 Å². The molecule has 0 radical (unpaired) electrons. The number of aryl methyl sites for hydroxylation is 1. The molecule has 1 amide bonds. The minimum absolute atomic E-state index is 0. The van der Waals surface area contributed by atoms with Crippen molar-refractivity contribution in [1.29, 1.82) is 0 Å². The van der Waals surface area contributed by atoms with E-state index in [2.05, 4.69) is 32.7 Å². The van der Waals surface area contributed by atoms with Gasteiger partial charge >= 0.3 is 0 Å². The fraction of sp³-hybridized carbons (Fsp3) is 0.364. The van der Waals surface area contributed by atoms with E-state index in [4.69, 9.17) is 0 Å². The standard InChI is InChI=1S/C22H28FN5O.HI/c1-17-14-18(8-9-20(17)23)15-25-22(24-2)26-16-21(29)28-12-10-27(11-13-28)19-6-4-3-5-7-19;/h3-9,14H,10-13,15-16H2,1-2H3,(H2,24,25,26);1H. The minimum Gasteiger partial charge on any atom is -0.368 e. The molecule has 1 aliphatic rings. The van der Waals surface area contributed by atoms with E-state index in [1.165, 1.54) is 11.8 Å². The second-order valence-electron chi connectivity index (χ2n) is 7.07. The normalized spacial score (nSPS) is 14.2. The number of amides is 1. The molecule has 1 saturated heterocycles. The molecule has 0 aliphatic carbocycles. The first-order valence-corrected chi connectivity index (χ1v) is 9.84. The van der Waals surface area contributed by atoms with Gasteiger partial charge in [-0.25, -0.2) is 4.39 Å². The Hall–Kier alpha value is -2.36. The van der Waals surface area contributed by atoms with Crippen molar-refractivity contribution in [2.45, 2.75) is 13.5 Å². The number of halogens is 2. The van der Waals surface area contributed by atoms with Gasteiger partial charge in [-0.15, -0.1) is 24.0 Å². The average Bonchev–Trinajstić information content (AvgIpc) is 2.76. The summed E-state index contributed by atoms with van der Waals surface area (Å²) in [6.45, 7) is 5.49. The van der Waals surface area contributed by atoms with Crippen LogP contribution in [0.5, 0.6) is 0 Å². The van der Waals surface area contributed by atoms with E-state index in [1.54, 1.807) is 26.1 Å². The summed E-state index contributed by atoms with van der Waals surface area (Å²) in [6, 6.07) is 15.3. The first-order chi connectivity index (χ1) is 14.1. The zero-order valence-electron chi connectivity index (χ0n) is 17.4. The summed E-state index contributed by atoms with van der Waals surface area (Å²) in [5.74, 6) is 0.385. The smallest absolute Gasteiger partial charge is 0.242 e. The second-order valence-corrected chi connectivity index (χ2v) is 7.07. The van der Waals surface area contributed by atoms with Gasteiger partial charge in [-0.1, -0.05) is 30.3 Å². The largest absolute Gasteiger partial charge is 0.368 e. The minimum atomic E-state index is -0.214. The lowest BCUT2D eigenvalue weighted by molar-refractivity contribution is -0.130. The second kappa shape index (κ2) is 11.7. The van der Waals surface area contributed by atoms with Crippen LogP contribution in [0, 0.1) is 12.7 Å². The highest BCUT2D eigenvalue weighted by Gasteiger charge is 2.21. The Morgan fingerprint density at radius 2 is 1.77 bits per heavy atom. The Morgan fingerprint density at radius 1 is 1.07 bits per heavy atom. The summed E-state index contributed by atoms with van der Waals surface area (Å²) in [5.41, 5.74) is 2.76. The fourth-order valence-electron chi connectivity index (χ4n) is 3.35. The van der Waals surface area contributed by atoms with Crippen LogP contribution in [-0.4, -0.2) is 56.5 Å². The van der Waals surface area contributed by atoms with Crippen molar-refractivity contribution in [1.82, 2.24) is 15.5 Å². The van der Waals surface area contributed by atoms with Gasteiger partial charge in [-0.2, -0.15) is 0 Å². The summed E-state index contributed by atoms with van der Waals surface area (Å²) in [6.07, 6.45) is 0. The third-order valence-electron chi connectivity index (χ3n) is 5.07. The quantitative estimate of drug-likeness (QED) is 0.358. The maximum absolute atomic E-state index is 13.4. The summed E-state index contributed by atoms with van der Waals surface area (Å²) < 4.78 is 13.4. The fourth-order valence-corrected chi connectivity index (χ4v) is 3.35. The predicted octanol–water partition coefficient (Wildman–Crippen LogP) is 2.77. The highest BCUT2D eigenvalue weighted by Crippen LogP contribution is 2.15. The predicted molar refractivity (Wildman–Crippen MR) is 130 cm³/mol. The number of nitrogens with one attached hydrogen (secondary N) is 2. The maximum atomic E-state index is 13.4. The Bertz CT molecular complexity index is 854. The lowest BCUT2D eigenvalue weighted by Crippen LogP contribution is -2.52. The van der Waals surface area contributed by atoms with Gasteiger partial charge in [0.05, 0.1) is 6.54 Å². The number of hydrogen-bond acceptors (Lipinski definition) is 3. The Morgan fingerprint density at radius 3 is 2.40 bits per heavy atom. The molecule has 0 saturated carbocycles. The molecule has 0 unspecified atom stereocenters. The summed E-state index contributed by atoms with van der Waals surface area (Å²) in [4.78, 5) is 20.9. The van der Waals surface area contributed by atoms with Crippen molar-refractivity contribution in [3.05, 3.63) is 65.5 Å². The number of anilines is 1. The number of guanidine groups is 1. The van der Waals surface area contributed by atoms with Crippen molar-refractivity contribution < 1.29 is 9.18 Å². The first kappa shape index (κ1) is 23.9. The Kier molecular flexibility index (Phi) is 9.35. The number of hydrogen-bond donors (Lipinski definition) is 2. The van der Waals surface area contributed by atoms with Gasteiger partial charge in [0.1, 0.15) is 5.82 Å². The van der Waals surface area contributed by atoms with Crippen LogP contribution < -0.4 is 15.5 Å². The number of aliphatic imine (C=N–C) groups is 1. The topological polar surface area (TPSA) is 60.0 Å². The molecule has 2 N–H and O–H groups in total. The number of rotatable bonds is 5. The van der Waals surface area contributed by atoms with E-state index >= 15 is 0 Å². The van der Waals surface area contributed by atoms with Crippen LogP contribution in [0.4, 0.5) is 10.1 Å². The van der Waals surface area contributed by atoms with Crippen LogP contribution in [0.1, 0.15) is 11.1 Å². The van der Waals surface area contributed by atoms with E-state index in [-0.39, 0.29) is 42.2 Å². The van der Waals surface area contributed by atoms with Crippen molar-refractivity contribution in [3.63, 3.8) is 0 Å². The molecule has 2 aromatic rings. The van der Waals surface area contributed by atoms with Crippen molar-refractivity contribution >= 4 is 41.5 Å². The van der Waals surface area contributed by atoms with Crippen molar-refractivity contribution in [3.8, 4) is 0 Å². The molecule has 0 bridgehead atoms. The van der Waals surface area contributed by atoms with Gasteiger partial charge in [-0.05, 0) is 36.2 Å². The molecule has 30 heavy (non-hydrogen) atoms. The Balaban J connectivity index is 0.00000320. The van der Waals surface area contributed by atoms with E-state index in [0.717, 1.165) is 18.7 Å². The van der Waals surface area contributed by atoms with Gasteiger partial charge in [0.25, 0.3) is 0 Å². The lowest BCUT2D eigenvalue weighted by Gasteiger charge is -2.36. The summed E-state index contributed by atoms with van der Waals surface area (Å²) >= 11 is 0. The van der Waals surface area contributed by atoms with E-state index in [1.807, 2.05) is 23.1 Å². The average molecular weight is 525 g/mol. The molecule has 1 aliphatic heterocycles. The van der Waals surface area contributed by atoms with Gasteiger partial charge < -0.3 is 20.4 Å². The number of para-hydroxylation sites is 1.